The molecule has 0 aromatic heterocycles. The van der Waals surface area contributed by atoms with E-state index in [1.54, 1.807) is 0 Å². The maximum atomic E-state index is 4.67. The van der Waals surface area contributed by atoms with Crippen LogP contribution in [0.2, 0.25) is 16.5 Å². The van der Waals surface area contributed by atoms with Crippen molar-refractivity contribution >= 4 is 5.71 Å². The quantitative estimate of drug-likeness (QED) is 0.510. The van der Waals surface area contributed by atoms with Gasteiger partial charge in [0.25, 0.3) is 0 Å². The second-order valence-electron chi connectivity index (χ2n) is 3.70. The van der Waals surface area contributed by atoms with Crippen LogP contribution in [0.4, 0.5) is 0 Å². The maximum absolute atomic E-state index is 4.67. The monoisotopic (exact) mass is 220 g/mol. The van der Waals surface area contributed by atoms with Crippen LogP contribution < -0.4 is 0 Å². The Kier molecular flexibility index (Phi) is 3.15. The van der Waals surface area contributed by atoms with Crippen LogP contribution >= 0.6 is 0 Å². The predicted molar refractivity (Wildman–Crippen MR) is 56.3 cm³/mol. The molecule has 0 aromatic carbocycles. The summed E-state index contributed by atoms with van der Waals surface area (Å²) in [6.07, 6.45) is 6.38. The summed E-state index contributed by atoms with van der Waals surface area (Å²) in [4.78, 5) is 5.18. The zero-order chi connectivity index (χ0) is 10.1. The summed E-state index contributed by atoms with van der Waals surface area (Å²) in [6, 6.07) is 0. The van der Waals surface area contributed by atoms with Crippen molar-refractivity contribution in [2.24, 2.45) is 4.99 Å². The molecule has 1 rings (SSSR count). The number of hydrogen-bond acceptors (Lipinski definition) is 1. The van der Waals surface area contributed by atoms with E-state index in [9.17, 15) is 0 Å². The van der Waals surface area contributed by atoms with E-state index in [2.05, 4.69) is 55.3 Å². The summed E-state index contributed by atoms with van der Waals surface area (Å²) >= 11 is -0.192. The average Bonchev–Trinajstić information content (AvgIpc) is 2.32. The molecular formula is C11H18FeN. The number of hydrogen-bond donors (Lipinski definition) is 0. The summed E-state index contributed by atoms with van der Waals surface area (Å²) < 4.78 is 0. The van der Waals surface area contributed by atoms with E-state index in [0.717, 1.165) is 5.71 Å². The second-order valence-corrected chi connectivity index (χ2v) is 6.76. The molecule has 0 aromatic rings. The van der Waals surface area contributed by atoms with Gasteiger partial charge in [-0.25, -0.2) is 0 Å². The van der Waals surface area contributed by atoms with E-state index in [4.69, 9.17) is 0 Å². The second kappa shape index (κ2) is 3.81. The van der Waals surface area contributed by atoms with Crippen molar-refractivity contribution in [3.05, 3.63) is 24.8 Å². The van der Waals surface area contributed by atoms with Crippen molar-refractivity contribution in [2.75, 3.05) is 0 Å². The zero-order valence-electron chi connectivity index (χ0n) is 8.82. The molecule has 0 aliphatic carbocycles. The van der Waals surface area contributed by atoms with Crippen molar-refractivity contribution in [3.63, 3.8) is 0 Å². The molecule has 13 heavy (non-hydrogen) atoms. The van der Waals surface area contributed by atoms with E-state index in [1.807, 2.05) is 0 Å². The van der Waals surface area contributed by atoms with Crippen LogP contribution in [-0.2, 0) is 13.9 Å². The van der Waals surface area contributed by atoms with Crippen molar-refractivity contribution in [2.45, 2.75) is 35.8 Å². The molecule has 0 spiro atoms. The topological polar surface area (TPSA) is 12.4 Å². The van der Waals surface area contributed by atoms with E-state index in [-0.39, 0.29) is 19.4 Å². The van der Waals surface area contributed by atoms with Gasteiger partial charge in [-0.3, -0.25) is 0 Å². The van der Waals surface area contributed by atoms with Crippen LogP contribution in [0.1, 0.15) is 13.8 Å². The molecule has 1 aliphatic heterocycles. The van der Waals surface area contributed by atoms with Crippen molar-refractivity contribution in [1.82, 2.24) is 0 Å². The van der Waals surface area contributed by atoms with Gasteiger partial charge in [0.15, 0.2) is 0 Å². The Bertz CT molecular complexity index is 265. The molecule has 0 radical (unpaired) electrons. The van der Waals surface area contributed by atoms with Crippen LogP contribution in [0.15, 0.2) is 29.8 Å². The molecule has 2 heteroatoms. The van der Waals surface area contributed by atoms with Gasteiger partial charge in [0.2, 0.25) is 0 Å². The number of nitrogens with zero attached hydrogens (tertiary/aromatic N) is 1. The molecule has 0 amide bonds. The first-order chi connectivity index (χ1) is 5.99. The summed E-state index contributed by atoms with van der Waals surface area (Å²) in [7, 11) is 0. The molecule has 2 atom stereocenters. The van der Waals surface area contributed by atoms with Gasteiger partial charge in [0.1, 0.15) is 0 Å². The molecule has 0 saturated carbocycles. The molecule has 1 heterocycles. The van der Waals surface area contributed by atoms with Gasteiger partial charge in [0, 0.05) is 0 Å². The van der Waals surface area contributed by atoms with Gasteiger partial charge in [-0.1, -0.05) is 0 Å². The van der Waals surface area contributed by atoms with E-state index in [1.165, 1.54) is 0 Å². The third kappa shape index (κ3) is 2.12. The summed E-state index contributed by atoms with van der Waals surface area (Å²) in [5.74, 6) is 4.60. The van der Waals surface area contributed by atoms with Gasteiger partial charge < -0.3 is 0 Å². The molecular weight excluding hydrogens is 202 g/mol. The summed E-state index contributed by atoms with van der Waals surface area (Å²) in [5.41, 5.74) is 1.12. The van der Waals surface area contributed by atoms with E-state index < -0.39 is 0 Å². The van der Waals surface area contributed by atoms with Crippen LogP contribution in [-0.4, -0.2) is 11.3 Å². The molecule has 2 unspecified atom stereocenters. The molecule has 1 nitrogen and oxygen atoms in total. The van der Waals surface area contributed by atoms with Gasteiger partial charge in [-0.05, 0) is 0 Å². The fourth-order valence-corrected chi connectivity index (χ4v) is 3.70. The number of rotatable bonds is 3. The third-order valence-electron chi connectivity index (χ3n) is 2.26. The normalized spacial score (nSPS) is 29.8. The Morgan fingerprint density at radius 1 is 1.62 bits per heavy atom. The summed E-state index contributed by atoms with van der Waals surface area (Å²) in [5, 5.41) is 0. The Hall–Kier alpha value is -0.331. The van der Waals surface area contributed by atoms with Crippen LogP contribution in [0.5, 0.6) is 0 Å². The van der Waals surface area contributed by atoms with Gasteiger partial charge >= 0.3 is 85.3 Å². The van der Waals surface area contributed by atoms with Gasteiger partial charge in [0.05, 0.1) is 0 Å². The van der Waals surface area contributed by atoms with Crippen LogP contribution in [0.25, 0.3) is 0 Å². The summed E-state index contributed by atoms with van der Waals surface area (Å²) in [6.45, 7) is 8.16. The van der Waals surface area contributed by atoms with E-state index >= 15 is 0 Å². The van der Waals surface area contributed by atoms with E-state index in [0.29, 0.717) is 4.82 Å². The molecule has 0 saturated heterocycles. The average molecular weight is 220 g/mol. The Morgan fingerprint density at radius 2 is 2.23 bits per heavy atom. The van der Waals surface area contributed by atoms with Gasteiger partial charge in [-0.2, -0.15) is 0 Å². The first-order valence-electron chi connectivity index (χ1n) is 4.30. The Morgan fingerprint density at radius 3 is 2.54 bits per heavy atom. The first-order valence-corrected chi connectivity index (χ1v) is 7.15. The fourth-order valence-electron chi connectivity index (χ4n) is 1.71. The fraction of sp³-hybridized carbons (Fsp3) is 0.545. The predicted octanol–water partition coefficient (Wildman–Crippen LogP) is 3.46. The first kappa shape index (κ1) is 10.7. The molecule has 1 aliphatic rings. The van der Waals surface area contributed by atoms with Crippen molar-refractivity contribution < 1.29 is 13.9 Å². The number of allylic oxidation sites excluding steroid dienone is 1. The van der Waals surface area contributed by atoms with Crippen LogP contribution in [0, 0.1) is 0 Å². The molecule has 75 valence electrons. The van der Waals surface area contributed by atoms with Crippen LogP contribution in [0.3, 0.4) is 0 Å². The van der Waals surface area contributed by atoms with Gasteiger partial charge in [-0.15, -0.1) is 0 Å². The zero-order valence-corrected chi connectivity index (χ0v) is 9.92. The minimum atomic E-state index is -0.192. The SMILES string of the molecule is C=C[CH]([Fe]([CH3])[CH3])C1(C)C=CC(C)=N1. The Labute approximate surface area is 85.5 Å². The minimum absolute atomic E-state index is 0.0185. The molecule has 0 N–H and O–H groups in total. The van der Waals surface area contributed by atoms with Crippen molar-refractivity contribution in [3.8, 4) is 0 Å². The standard InChI is InChI=1S/C9H12N.2CH3.Fe/c1-4-6-9(3)7-5-8(2)10-9;;;/h4-7H,1H2,2-3H3;2*1H3;. The third-order valence-corrected chi connectivity index (χ3v) is 4.54. The number of aliphatic imine (C=N–C) groups is 1. The Balaban J connectivity index is 2.92. The van der Waals surface area contributed by atoms with Crippen molar-refractivity contribution in [1.29, 1.82) is 0 Å². The molecule has 0 fully saturated rings. The molecule has 0 bridgehead atoms.